The predicted molar refractivity (Wildman–Crippen MR) is 74.8 cm³/mol. The van der Waals surface area contributed by atoms with Crippen LogP contribution in [0.25, 0.3) is 0 Å². The number of nitrogen functional groups attached to an aromatic ring is 1. The maximum absolute atomic E-state index is 12.2. The molecule has 0 spiro atoms. The SMILES string of the molecule is Cc1cc(NN)c(C(=O)N(C)CCOC(C)C)cn1. The Morgan fingerprint density at radius 3 is 2.84 bits per heavy atom. The second-order valence-electron chi connectivity index (χ2n) is 4.66. The minimum Gasteiger partial charge on any atom is -0.377 e. The monoisotopic (exact) mass is 266 g/mol. The van der Waals surface area contributed by atoms with E-state index in [1.165, 1.54) is 6.20 Å². The van der Waals surface area contributed by atoms with Gasteiger partial charge in [-0.3, -0.25) is 15.6 Å². The molecule has 1 heterocycles. The number of ether oxygens (including phenoxy) is 1. The van der Waals surface area contributed by atoms with Crippen molar-refractivity contribution < 1.29 is 9.53 Å². The van der Waals surface area contributed by atoms with Gasteiger partial charge in [-0.15, -0.1) is 0 Å². The molecule has 0 saturated heterocycles. The molecule has 1 amide bonds. The smallest absolute Gasteiger partial charge is 0.257 e. The molecule has 0 fully saturated rings. The van der Waals surface area contributed by atoms with Crippen molar-refractivity contribution in [3.63, 3.8) is 0 Å². The maximum Gasteiger partial charge on any atom is 0.257 e. The molecule has 6 heteroatoms. The number of anilines is 1. The summed E-state index contributed by atoms with van der Waals surface area (Å²) in [5.41, 5.74) is 4.37. The Kier molecular flexibility index (Phi) is 5.72. The van der Waals surface area contributed by atoms with Crippen LogP contribution >= 0.6 is 0 Å². The van der Waals surface area contributed by atoms with E-state index in [1.54, 1.807) is 18.0 Å². The number of nitrogens with one attached hydrogen (secondary N) is 1. The molecule has 0 aliphatic rings. The number of carbonyl (C=O) groups is 1. The molecule has 19 heavy (non-hydrogen) atoms. The zero-order valence-corrected chi connectivity index (χ0v) is 11.9. The number of aromatic nitrogens is 1. The zero-order chi connectivity index (χ0) is 14.4. The van der Waals surface area contributed by atoms with Gasteiger partial charge in [0.1, 0.15) is 0 Å². The van der Waals surface area contributed by atoms with Crippen LogP contribution in [0.1, 0.15) is 29.9 Å². The first-order valence-corrected chi connectivity index (χ1v) is 6.26. The van der Waals surface area contributed by atoms with Gasteiger partial charge in [0.15, 0.2) is 0 Å². The molecule has 6 nitrogen and oxygen atoms in total. The molecule has 0 aromatic carbocycles. The lowest BCUT2D eigenvalue weighted by Crippen LogP contribution is -2.31. The normalized spacial score (nSPS) is 10.6. The third-order valence-electron chi connectivity index (χ3n) is 2.65. The Bertz CT molecular complexity index is 435. The van der Waals surface area contributed by atoms with Crippen molar-refractivity contribution in [1.29, 1.82) is 0 Å². The van der Waals surface area contributed by atoms with Crippen LogP contribution in [0.4, 0.5) is 5.69 Å². The minimum absolute atomic E-state index is 0.132. The highest BCUT2D eigenvalue weighted by Crippen LogP contribution is 2.16. The van der Waals surface area contributed by atoms with Crippen molar-refractivity contribution in [2.75, 3.05) is 25.6 Å². The quantitative estimate of drug-likeness (QED) is 0.597. The summed E-state index contributed by atoms with van der Waals surface area (Å²) in [6.07, 6.45) is 1.69. The number of pyridine rings is 1. The van der Waals surface area contributed by atoms with Crippen LogP contribution < -0.4 is 11.3 Å². The standard InChI is InChI=1S/C13H22N4O2/c1-9(2)19-6-5-17(4)13(18)11-8-15-10(3)7-12(11)16-14/h7-9H,5-6,14H2,1-4H3,(H,15,16). The summed E-state index contributed by atoms with van der Waals surface area (Å²) in [6, 6.07) is 1.74. The number of rotatable bonds is 6. The molecule has 0 atom stereocenters. The largest absolute Gasteiger partial charge is 0.377 e. The molecule has 0 aliphatic heterocycles. The number of hydrogen-bond donors (Lipinski definition) is 2. The highest BCUT2D eigenvalue weighted by molar-refractivity contribution is 5.99. The summed E-state index contributed by atoms with van der Waals surface area (Å²) in [7, 11) is 1.73. The topological polar surface area (TPSA) is 80.5 Å². The molecule has 0 aliphatic carbocycles. The lowest BCUT2D eigenvalue weighted by atomic mass is 10.2. The van der Waals surface area contributed by atoms with Crippen molar-refractivity contribution in [3.8, 4) is 0 Å². The van der Waals surface area contributed by atoms with Gasteiger partial charge in [0.25, 0.3) is 5.91 Å². The third-order valence-corrected chi connectivity index (χ3v) is 2.65. The van der Waals surface area contributed by atoms with E-state index in [4.69, 9.17) is 10.6 Å². The second-order valence-corrected chi connectivity index (χ2v) is 4.66. The molecule has 1 rings (SSSR count). The van der Waals surface area contributed by atoms with Gasteiger partial charge >= 0.3 is 0 Å². The van der Waals surface area contributed by atoms with Crippen LogP contribution in [0, 0.1) is 6.92 Å². The van der Waals surface area contributed by atoms with E-state index in [-0.39, 0.29) is 12.0 Å². The molecular formula is C13H22N4O2. The molecule has 0 bridgehead atoms. The van der Waals surface area contributed by atoms with Gasteiger partial charge in [-0.2, -0.15) is 0 Å². The van der Waals surface area contributed by atoms with Crippen LogP contribution in [0.5, 0.6) is 0 Å². The summed E-state index contributed by atoms with van der Waals surface area (Å²) in [5.74, 6) is 5.29. The van der Waals surface area contributed by atoms with E-state index >= 15 is 0 Å². The summed E-state index contributed by atoms with van der Waals surface area (Å²) >= 11 is 0. The number of likely N-dealkylation sites (N-methyl/N-ethyl adjacent to an activating group) is 1. The van der Waals surface area contributed by atoms with E-state index in [2.05, 4.69) is 10.4 Å². The van der Waals surface area contributed by atoms with E-state index in [0.29, 0.717) is 24.4 Å². The fourth-order valence-electron chi connectivity index (χ4n) is 1.58. The minimum atomic E-state index is -0.132. The van der Waals surface area contributed by atoms with Crippen LogP contribution in [0.3, 0.4) is 0 Å². The summed E-state index contributed by atoms with van der Waals surface area (Å²) in [4.78, 5) is 18.0. The molecule has 0 radical (unpaired) electrons. The maximum atomic E-state index is 12.2. The number of carbonyl (C=O) groups excluding carboxylic acids is 1. The Morgan fingerprint density at radius 2 is 2.26 bits per heavy atom. The number of nitrogens with zero attached hydrogens (tertiary/aromatic N) is 2. The van der Waals surface area contributed by atoms with E-state index in [0.717, 1.165) is 5.69 Å². The molecule has 3 N–H and O–H groups in total. The first-order valence-electron chi connectivity index (χ1n) is 6.26. The fraction of sp³-hybridized carbons (Fsp3) is 0.538. The van der Waals surface area contributed by atoms with E-state index in [9.17, 15) is 4.79 Å². The van der Waals surface area contributed by atoms with Gasteiger partial charge in [-0.05, 0) is 26.8 Å². The number of hydrogen-bond acceptors (Lipinski definition) is 5. The van der Waals surface area contributed by atoms with Gasteiger partial charge < -0.3 is 15.1 Å². The molecular weight excluding hydrogens is 244 g/mol. The highest BCUT2D eigenvalue weighted by Gasteiger charge is 2.16. The lowest BCUT2D eigenvalue weighted by Gasteiger charge is -2.19. The predicted octanol–water partition coefficient (Wildman–Crippen LogP) is 1.17. The van der Waals surface area contributed by atoms with E-state index < -0.39 is 0 Å². The number of amides is 1. The second kappa shape index (κ2) is 7.06. The van der Waals surface area contributed by atoms with Gasteiger partial charge in [0, 0.05) is 25.5 Å². The van der Waals surface area contributed by atoms with Gasteiger partial charge in [-0.1, -0.05) is 0 Å². The third kappa shape index (κ3) is 4.50. The van der Waals surface area contributed by atoms with E-state index in [1.807, 2.05) is 20.8 Å². The zero-order valence-electron chi connectivity index (χ0n) is 11.9. The molecule has 1 aromatic rings. The van der Waals surface area contributed by atoms with Crippen LogP contribution in [0.15, 0.2) is 12.3 Å². The molecule has 106 valence electrons. The molecule has 0 unspecified atom stereocenters. The molecule has 0 saturated carbocycles. The van der Waals surface area contributed by atoms with Crippen molar-refractivity contribution in [3.05, 3.63) is 23.5 Å². The molecule has 1 aromatic heterocycles. The summed E-state index contributed by atoms with van der Waals surface area (Å²) in [6.45, 7) is 6.79. The summed E-state index contributed by atoms with van der Waals surface area (Å²) in [5, 5.41) is 0. The van der Waals surface area contributed by atoms with Gasteiger partial charge in [-0.25, -0.2) is 0 Å². The Hall–Kier alpha value is -1.66. The van der Waals surface area contributed by atoms with Gasteiger partial charge in [0.2, 0.25) is 0 Å². The van der Waals surface area contributed by atoms with Crippen LogP contribution in [-0.2, 0) is 4.74 Å². The fourth-order valence-corrected chi connectivity index (χ4v) is 1.58. The first kappa shape index (κ1) is 15.4. The van der Waals surface area contributed by atoms with Crippen molar-refractivity contribution in [1.82, 2.24) is 9.88 Å². The first-order chi connectivity index (χ1) is 8.95. The Labute approximate surface area is 113 Å². The highest BCUT2D eigenvalue weighted by atomic mass is 16.5. The van der Waals surface area contributed by atoms with Gasteiger partial charge in [0.05, 0.1) is 24.0 Å². The van der Waals surface area contributed by atoms with Crippen molar-refractivity contribution in [2.24, 2.45) is 5.84 Å². The van der Waals surface area contributed by atoms with Crippen LogP contribution in [-0.4, -0.2) is 42.1 Å². The Morgan fingerprint density at radius 1 is 1.58 bits per heavy atom. The van der Waals surface area contributed by atoms with Crippen molar-refractivity contribution >= 4 is 11.6 Å². The average Bonchev–Trinajstić information content (AvgIpc) is 2.37. The summed E-state index contributed by atoms with van der Waals surface area (Å²) < 4.78 is 5.42. The number of nitrogens with two attached hydrogens (primary N) is 1. The average molecular weight is 266 g/mol. The number of hydrazine groups is 1. The van der Waals surface area contributed by atoms with Crippen molar-refractivity contribution in [2.45, 2.75) is 26.9 Å². The number of aryl methyl sites for hydroxylation is 1. The van der Waals surface area contributed by atoms with Crippen LogP contribution in [0.2, 0.25) is 0 Å². The lowest BCUT2D eigenvalue weighted by molar-refractivity contribution is 0.0532. The Balaban J connectivity index is 2.71.